The molecule has 0 aliphatic heterocycles. The summed E-state index contributed by atoms with van der Waals surface area (Å²) in [5, 5.41) is 1.62. The molecule has 1 aromatic carbocycles. The average Bonchev–Trinajstić information content (AvgIpc) is 2.16. The van der Waals surface area contributed by atoms with Crippen molar-refractivity contribution >= 4 is 22.8 Å². The molecule has 0 N–H and O–H groups in total. The van der Waals surface area contributed by atoms with Crippen LogP contribution in [0, 0.1) is 0 Å². The van der Waals surface area contributed by atoms with Gasteiger partial charge in [0.25, 0.3) is 0 Å². The van der Waals surface area contributed by atoms with Crippen LogP contribution in [0.5, 0.6) is 0 Å². The second-order valence-electron chi connectivity index (χ2n) is 4.35. The van der Waals surface area contributed by atoms with Crippen molar-refractivity contribution < 1.29 is 0 Å². The highest BCUT2D eigenvalue weighted by molar-refractivity contribution is 6.90. The molecule has 0 radical (unpaired) electrons. The molecule has 0 aliphatic carbocycles. The summed E-state index contributed by atoms with van der Waals surface area (Å²) in [6.07, 6.45) is 0. The van der Waals surface area contributed by atoms with Crippen LogP contribution >= 0.6 is 0 Å². The fourth-order valence-corrected chi connectivity index (χ4v) is 7.99. The Kier molecular flexibility index (Phi) is 3.94. The summed E-state index contributed by atoms with van der Waals surface area (Å²) in [6.45, 7) is 7.40. The van der Waals surface area contributed by atoms with Crippen molar-refractivity contribution in [3.63, 3.8) is 0 Å². The van der Waals surface area contributed by atoms with E-state index < -0.39 is 8.07 Å². The van der Waals surface area contributed by atoms with E-state index in [1.165, 1.54) is 12.1 Å². The molecule has 0 nitrogen and oxygen atoms in total. The van der Waals surface area contributed by atoms with Gasteiger partial charge in [-0.05, 0) is 0 Å². The van der Waals surface area contributed by atoms with E-state index in [0.717, 1.165) is 0 Å². The standard InChI is InChI=1S/C11H20Si2/c1-12-9-10-13(2,3)11-7-5-4-6-8-11/h4-8H,9-10,12H2,1-3H3. The van der Waals surface area contributed by atoms with Gasteiger partial charge in [0.05, 0.1) is 8.07 Å². The highest BCUT2D eigenvalue weighted by Crippen LogP contribution is 2.12. The van der Waals surface area contributed by atoms with E-state index in [0.29, 0.717) is 0 Å². The lowest BCUT2D eigenvalue weighted by Gasteiger charge is -2.22. The van der Waals surface area contributed by atoms with E-state index in [-0.39, 0.29) is 9.52 Å². The van der Waals surface area contributed by atoms with Gasteiger partial charge in [-0.25, -0.2) is 0 Å². The van der Waals surface area contributed by atoms with E-state index in [2.05, 4.69) is 50.0 Å². The summed E-state index contributed by atoms with van der Waals surface area (Å²) >= 11 is 0. The quantitative estimate of drug-likeness (QED) is 0.666. The summed E-state index contributed by atoms with van der Waals surface area (Å²) in [5.41, 5.74) is 0. The lowest BCUT2D eigenvalue weighted by molar-refractivity contribution is 1.34. The first-order valence-corrected chi connectivity index (χ1v) is 10.8. The first-order chi connectivity index (χ1) is 6.17. The van der Waals surface area contributed by atoms with E-state index in [4.69, 9.17) is 0 Å². The maximum Gasteiger partial charge on any atom is 0.0803 e. The van der Waals surface area contributed by atoms with Gasteiger partial charge in [-0.2, -0.15) is 0 Å². The Hall–Kier alpha value is -0.346. The van der Waals surface area contributed by atoms with Gasteiger partial charge in [-0.3, -0.25) is 0 Å². The van der Waals surface area contributed by atoms with Crippen molar-refractivity contribution in [3.05, 3.63) is 30.3 Å². The van der Waals surface area contributed by atoms with Gasteiger partial charge in [-0.15, -0.1) is 0 Å². The molecule has 0 bridgehead atoms. The monoisotopic (exact) mass is 208 g/mol. The molecule has 13 heavy (non-hydrogen) atoms. The van der Waals surface area contributed by atoms with Gasteiger partial charge in [0, 0.05) is 9.52 Å². The first kappa shape index (κ1) is 10.7. The van der Waals surface area contributed by atoms with Crippen LogP contribution in [-0.4, -0.2) is 17.6 Å². The van der Waals surface area contributed by atoms with Gasteiger partial charge < -0.3 is 0 Å². The molecule has 72 valence electrons. The van der Waals surface area contributed by atoms with Crippen LogP contribution in [0.4, 0.5) is 0 Å². The minimum atomic E-state index is -1.07. The van der Waals surface area contributed by atoms with Crippen LogP contribution in [0.15, 0.2) is 30.3 Å². The third kappa shape index (κ3) is 3.12. The molecular formula is C11H20Si2. The van der Waals surface area contributed by atoms with Gasteiger partial charge in [0.1, 0.15) is 0 Å². The van der Waals surface area contributed by atoms with Gasteiger partial charge in [-0.1, -0.05) is 67.2 Å². The second kappa shape index (κ2) is 4.77. The predicted octanol–water partition coefficient (Wildman–Crippen LogP) is 2.24. The molecule has 0 heterocycles. The van der Waals surface area contributed by atoms with Gasteiger partial charge in [0.15, 0.2) is 0 Å². The Morgan fingerprint density at radius 1 is 1.15 bits per heavy atom. The minimum Gasteiger partial charge on any atom is -0.0748 e. The predicted molar refractivity (Wildman–Crippen MR) is 67.6 cm³/mol. The molecular weight excluding hydrogens is 188 g/mol. The maximum atomic E-state index is 2.49. The zero-order valence-electron chi connectivity index (χ0n) is 9.01. The van der Waals surface area contributed by atoms with Gasteiger partial charge in [0.2, 0.25) is 0 Å². The van der Waals surface area contributed by atoms with Crippen LogP contribution in [0.2, 0.25) is 31.7 Å². The molecule has 0 atom stereocenters. The summed E-state index contributed by atoms with van der Waals surface area (Å²) in [7, 11) is -0.802. The third-order valence-electron chi connectivity index (χ3n) is 2.71. The van der Waals surface area contributed by atoms with Crippen molar-refractivity contribution in [1.82, 2.24) is 0 Å². The third-order valence-corrected chi connectivity index (χ3v) is 7.98. The Balaban J connectivity index is 2.69. The largest absolute Gasteiger partial charge is 0.0803 e. The summed E-state index contributed by atoms with van der Waals surface area (Å²) < 4.78 is 0. The zero-order chi connectivity index (χ0) is 9.73. The smallest absolute Gasteiger partial charge is 0.0748 e. The highest BCUT2D eigenvalue weighted by atomic mass is 28.3. The molecule has 0 saturated carbocycles. The summed E-state index contributed by atoms with van der Waals surface area (Å²) in [4.78, 5) is 0. The number of rotatable bonds is 4. The Morgan fingerprint density at radius 2 is 1.77 bits per heavy atom. The second-order valence-corrected chi connectivity index (χ2v) is 10.9. The molecule has 0 saturated heterocycles. The molecule has 2 heteroatoms. The minimum absolute atomic E-state index is 0.264. The van der Waals surface area contributed by atoms with Crippen molar-refractivity contribution in [2.24, 2.45) is 0 Å². The molecule has 0 unspecified atom stereocenters. The lowest BCUT2D eigenvalue weighted by Crippen LogP contribution is -2.40. The van der Waals surface area contributed by atoms with Crippen LogP contribution in [0.25, 0.3) is 0 Å². The fraction of sp³-hybridized carbons (Fsp3) is 0.455. The summed E-state index contributed by atoms with van der Waals surface area (Å²) in [5.74, 6) is 0. The molecule has 0 fully saturated rings. The van der Waals surface area contributed by atoms with Crippen molar-refractivity contribution in [2.75, 3.05) is 0 Å². The maximum absolute atomic E-state index is 2.49. The Bertz CT molecular complexity index is 242. The van der Waals surface area contributed by atoms with Crippen LogP contribution in [-0.2, 0) is 0 Å². The fourth-order valence-electron chi connectivity index (χ4n) is 1.65. The lowest BCUT2D eigenvalue weighted by atomic mass is 10.4. The molecule has 0 spiro atoms. The summed E-state index contributed by atoms with van der Waals surface area (Å²) in [6, 6.07) is 14.1. The van der Waals surface area contributed by atoms with Crippen LogP contribution in [0.1, 0.15) is 0 Å². The number of hydrogen-bond donors (Lipinski definition) is 0. The van der Waals surface area contributed by atoms with Crippen LogP contribution in [0.3, 0.4) is 0 Å². The van der Waals surface area contributed by atoms with E-state index in [1.54, 1.807) is 5.19 Å². The first-order valence-electron chi connectivity index (χ1n) is 5.22. The average molecular weight is 208 g/mol. The zero-order valence-corrected chi connectivity index (χ0v) is 11.4. The Labute approximate surface area is 85.2 Å². The highest BCUT2D eigenvalue weighted by Gasteiger charge is 2.21. The van der Waals surface area contributed by atoms with E-state index >= 15 is 0 Å². The molecule has 1 rings (SSSR count). The van der Waals surface area contributed by atoms with E-state index in [1.807, 2.05) is 0 Å². The number of hydrogen-bond acceptors (Lipinski definition) is 0. The molecule has 1 aromatic rings. The normalized spacial score (nSPS) is 12.5. The van der Waals surface area contributed by atoms with E-state index in [9.17, 15) is 0 Å². The van der Waals surface area contributed by atoms with Crippen molar-refractivity contribution in [1.29, 1.82) is 0 Å². The Morgan fingerprint density at radius 3 is 2.31 bits per heavy atom. The number of benzene rings is 1. The molecule has 0 amide bonds. The molecule has 0 aromatic heterocycles. The SMILES string of the molecule is C[SiH2]CC[Si](C)(C)c1ccccc1. The van der Waals surface area contributed by atoms with Crippen molar-refractivity contribution in [3.8, 4) is 0 Å². The molecule has 0 aliphatic rings. The van der Waals surface area contributed by atoms with Crippen molar-refractivity contribution in [2.45, 2.75) is 31.7 Å². The van der Waals surface area contributed by atoms with Gasteiger partial charge >= 0.3 is 0 Å². The topological polar surface area (TPSA) is 0 Å². The van der Waals surface area contributed by atoms with Crippen LogP contribution < -0.4 is 5.19 Å².